The Morgan fingerprint density at radius 2 is 2.00 bits per heavy atom. The number of rotatable bonds is 6. The Bertz CT molecular complexity index is 262. The average Bonchev–Trinajstić information content (AvgIpc) is 3.15. The Labute approximate surface area is 117 Å². The van der Waals surface area contributed by atoms with Crippen molar-refractivity contribution in [2.75, 3.05) is 59.0 Å². The van der Waals surface area contributed by atoms with Gasteiger partial charge in [-0.3, -0.25) is 4.90 Å². The molecule has 0 spiro atoms. The maximum atomic E-state index is 5.40. The maximum absolute atomic E-state index is 5.40. The number of ether oxygens (including phenoxy) is 1. The van der Waals surface area contributed by atoms with E-state index in [0.29, 0.717) is 0 Å². The Hall–Kier alpha value is -0.160. The second kappa shape index (κ2) is 7.02. The SMILES string of the molecule is C1CCN(C2CCN(CCNCC3CCOC3)C2)C1. The van der Waals surface area contributed by atoms with Gasteiger partial charge in [0.05, 0.1) is 6.61 Å². The maximum Gasteiger partial charge on any atom is 0.0507 e. The third-order valence-electron chi connectivity index (χ3n) is 4.97. The first-order chi connectivity index (χ1) is 9.42. The normalized spacial score (nSPS) is 33.5. The zero-order valence-corrected chi connectivity index (χ0v) is 12.1. The van der Waals surface area contributed by atoms with Crippen LogP contribution < -0.4 is 5.32 Å². The van der Waals surface area contributed by atoms with E-state index in [1.807, 2.05) is 0 Å². The van der Waals surface area contributed by atoms with Crippen molar-refractivity contribution in [2.45, 2.75) is 31.7 Å². The van der Waals surface area contributed by atoms with Crippen molar-refractivity contribution in [1.82, 2.24) is 15.1 Å². The standard InChI is InChI=1S/C15H29N3O/c1-2-7-18(6-1)15-3-8-17(12-15)9-5-16-11-14-4-10-19-13-14/h14-16H,1-13H2. The molecule has 19 heavy (non-hydrogen) atoms. The lowest BCUT2D eigenvalue weighted by molar-refractivity contribution is 0.185. The summed E-state index contributed by atoms with van der Waals surface area (Å²) >= 11 is 0. The summed E-state index contributed by atoms with van der Waals surface area (Å²) in [6.45, 7) is 10.7. The number of likely N-dealkylation sites (tertiary alicyclic amines) is 2. The number of nitrogens with one attached hydrogen (secondary N) is 1. The van der Waals surface area contributed by atoms with Crippen LogP contribution in [0.2, 0.25) is 0 Å². The van der Waals surface area contributed by atoms with Crippen molar-refractivity contribution in [1.29, 1.82) is 0 Å². The third-order valence-corrected chi connectivity index (χ3v) is 4.97. The summed E-state index contributed by atoms with van der Waals surface area (Å²) in [7, 11) is 0. The fraction of sp³-hybridized carbons (Fsp3) is 1.00. The molecule has 0 aromatic heterocycles. The third kappa shape index (κ3) is 3.91. The summed E-state index contributed by atoms with van der Waals surface area (Å²) in [6.07, 6.45) is 5.47. The molecule has 0 saturated carbocycles. The molecule has 3 saturated heterocycles. The van der Waals surface area contributed by atoms with Gasteiger partial charge in [-0.05, 0) is 51.2 Å². The van der Waals surface area contributed by atoms with Gasteiger partial charge in [0.15, 0.2) is 0 Å². The van der Waals surface area contributed by atoms with E-state index in [1.54, 1.807) is 0 Å². The molecular weight excluding hydrogens is 238 g/mol. The lowest BCUT2D eigenvalue weighted by Gasteiger charge is -2.23. The van der Waals surface area contributed by atoms with Crippen molar-refractivity contribution in [3.63, 3.8) is 0 Å². The molecule has 0 radical (unpaired) electrons. The first-order valence-electron chi connectivity index (χ1n) is 8.17. The highest BCUT2D eigenvalue weighted by Gasteiger charge is 2.28. The highest BCUT2D eigenvalue weighted by molar-refractivity contribution is 4.85. The highest BCUT2D eigenvalue weighted by Crippen LogP contribution is 2.19. The van der Waals surface area contributed by atoms with Crippen LogP contribution in [0.5, 0.6) is 0 Å². The Kier molecular flexibility index (Phi) is 5.10. The van der Waals surface area contributed by atoms with Crippen LogP contribution in [-0.2, 0) is 4.74 Å². The summed E-state index contributed by atoms with van der Waals surface area (Å²) in [5.41, 5.74) is 0. The number of hydrogen-bond acceptors (Lipinski definition) is 4. The summed E-state index contributed by atoms with van der Waals surface area (Å²) in [4.78, 5) is 5.35. The Morgan fingerprint density at radius 3 is 2.79 bits per heavy atom. The molecule has 2 unspecified atom stereocenters. The first kappa shape index (κ1) is 13.8. The summed E-state index contributed by atoms with van der Waals surface area (Å²) in [5.74, 6) is 0.760. The smallest absolute Gasteiger partial charge is 0.0507 e. The molecule has 3 aliphatic rings. The minimum atomic E-state index is 0.760. The Balaban J connectivity index is 1.26. The van der Waals surface area contributed by atoms with Crippen LogP contribution in [-0.4, -0.2) is 74.9 Å². The van der Waals surface area contributed by atoms with Gasteiger partial charge < -0.3 is 15.0 Å². The fourth-order valence-corrected chi connectivity index (χ4v) is 3.71. The molecule has 0 aliphatic carbocycles. The number of nitrogens with zero attached hydrogens (tertiary/aromatic N) is 2. The van der Waals surface area contributed by atoms with Crippen molar-refractivity contribution < 1.29 is 4.74 Å². The molecule has 110 valence electrons. The van der Waals surface area contributed by atoms with E-state index in [2.05, 4.69) is 15.1 Å². The monoisotopic (exact) mass is 267 g/mol. The summed E-state index contributed by atoms with van der Waals surface area (Å²) in [6, 6.07) is 0.853. The second-order valence-electron chi connectivity index (χ2n) is 6.42. The highest BCUT2D eigenvalue weighted by atomic mass is 16.5. The van der Waals surface area contributed by atoms with Crippen LogP contribution in [0.1, 0.15) is 25.7 Å². The minimum absolute atomic E-state index is 0.760. The molecule has 4 nitrogen and oxygen atoms in total. The molecule has 4 heteroatoms. The molecule has 1 N–H and O–H groups in total. The van der Waals surface area contributed by atoms with Gasteiger partial charge in [-0.15, -0.1) is 0 Å². The summed E-state index contributed by atoms with van der Waals surface area (Å²) in [5, 5.41) is 3.60. The fourth-order valence-electron chi connectivity index (χ4n) is 3.71. The van der Waals surface area contributed by atoms with Crippen LogP contribution in [0, 0.1) is 5.92 Å². The first-order valence-corrected chi connectivity index (χ1v) is 8.17. The van der Waals surface area contributed by atoms with Crippen LogP contribution in [0.25, 0.3) is 0 Å². The van der Waals surface area contributed by atoms with Gasteiger partial charge in [0.1, 0.15) is 0 Å². The van der Waals surface area contributed by atoms with Gasteiger partial charge in [0.2, 0.25) is 0 Å². The molecule has 3 fully saturated rings. The van der Waals surface area contributed by atoms with E-state index < -0.39 is 0 Å². The van der Waals surface area contributed by atoms with Gasteiger partial charge >= 0.3 is 0 Å². The molecule has 2 atom stereocenters. The minimum Gasteiger partial charge on any atom is -0.381 e. The van der Waals surface area contributed by atoms with Crippen LogP contribution in [0.15, 0.2) is 0 Å². The van der Waals surface area contributed by atoms with Gasteiger partial charge in [-0.1, -0.05) is 0 Å². The lowest BCUT2D eigenvalue weighted by atomic mass is 10.1. The van der Waals surface area contributed by atoms with E-state index in [9.17, 15) is 0 Å². The zero-order chi connectivity index (χ0) is 12.9. The van der Waals surface area contributed by atoms with Gasteiger partial charge in [-0.2, -0.15) is 0 Å². The van der Waals surface area contributed by atoms with Crippen LogP contribution in [0.4, 0.5) is 0 Å². The second-order valence-corrected chi connectivity index (χ2v) is 6.42. The zero-order valence-electron chi connectivity index (χ0n) is 12.1. The van der Waals surface area contributed by atoms with E-state index in [0.717, 1.165) is 38.3 Å². The molecule has 3 heterocycles. The van der Waals surface area contributed by atoms with Crippen molar-refractivity contribution in [3.05, 3.63) is 0 Å². The number of hydrogen-bond donors (Lipinski definition) is 1. The van der Waals surface area contributed by atoms with E-state index in [1.165, 1.54) is 58.4 Å². The van der Waals surface area contributed by atoms with Crippen LogP contribution >= 0.6 is 0 Å². The summed E-state index contributed by atoms with van der Waals surface area (Å²) < 4.78 is 5.40. The predicted molar refractivity (Wildman–Crippen MR) is 77.4 cm³/mol. The largest absolute Gasteiger partial charge is 0.381 e. The van der Waals surface area contributed by atoms with Crippen LogP contribution in [0.3, 0.4) is 0 Å². The topological polar surface area (TPSA) is 27.7 Å². The Morgan fingerprint density at radius 1 is 1.11 bits per heavy atom. The quantitative estimate of drug-likeness (QED) is 0.720. The lowest BCUT2D eigenvalue weighted by Crippen LogP contribution is -2.37. The van der Waals surface area contributed by atoms with E-state index in [4.69, 9.17) is 4.74 Å². The molecule has 0 aromatic carbocycles. The molecule has 0 bridgehead atoms. The molecule has 0 amide bonds. The van der Waals surface area contributed by atoms with Crippen molar-refractivity contribution in [3.8, 4) is 0 Å². The molecule has 3 rings (SSSR count). The van der Waals surface area contributed by atoms with Gasteiger partial charge in [0.25, 0.3) is 0 Å². The van der Waals surface area contributed by atoms with Gasteiger partial charge in [-0.25, -0.2) is 0 Å². The predicted octanol–water partition coefficient (Wildman–Crippen LogP) is 0.783. The molecule has 0 aromatic rings. The van der Waals surface area contributed by atoms with E-state index >= 15 is 0 Å². The average molecular weight is 267 g/mol. The van der Waals surface area contributed by atoms with E-state index in [-0.39, 0.29) is 0 Å². The van der Waals surface area contributed by atoms with Crippen molar-refractivity contribution in [2.24, 2.45) is 5.92 Å². The molecular formula is C15H29N3O. The van der Waals surface area contributed by atoms with Gasteiger partial charge in [0, 0.05) is 38.8 Å². The van der Waals surface area contributed by atoms with Crippen molar-refractivity contribution >= 4 is 0 Å². The molecule has 3 aliphatic heterocycles.